The van der Waals surface area contributed by atoms with E-state index in [1.807, 2.05) is 37.3 Å². The van der Waals surface area contributed by atoms with E-state index in [9.17, 15) is 13.2 Å². The van der Waals surface area contributed by atoms with Crippen LogP contribution in [0.25, 0.3) is 0 Å². The number of hydrogen-bond acceptors (Lipinski definition) is 6. The minimum Gasteiger partial charge on any atom is -0.494 e. The van der Waals surface area contributed by atoms with E-state index in [2.05, 4.69) is 31.3 Å². The molecule has 8 nitrogen and oxygen atoms in total. The van der Waals surface area contributed by atoms with E-state index < -0.39 is 15.9 Å². The highest BCUT2D eigenvalue weighted by Crippen LogP contribution is 2.26. The summed E-state index contributed by atoms with van der Waals surface area (Å²) in [7, 11) is -3.80. The number of carbonyl (C=O) groups excluding carboxylic acids is 1. The first-order chi connectivity index (χ1) is 19.7. The van der Waals surface area contributed by atoms with Gasteiger partial charge in [-0.3, -0.25) is 14.8 Å². The fourth-order valence-corrected chi connectivity index (χ4v) is 5.50. The van der Waals surface area contributed by atoms with E-state index in [1.54, 1.807) is 54.6 Å². The molecule has 4 rings (SSSR count). The van der Waals surface area contributed by atoms with Crippen molar-refractivity contribution in [3.8, 4) is 11.5 Å². The van der Waals surface area contributed by atoms with Gasteiger partial charge in [0.2, 0.25) is 0 Å². The first kappa shape index (κ1) is 30.0. The lowest BCUT2D eigenvalue weighted by Crippen LogP contribution is -2.34. The summed E-state index contributed by atoms with van der Waals surface area (Å²) in [4.78, 5) is 12.8. The van der Waals surface area contributed by atoms with Crippen LogP contribution in [0.4, 0.5) is 11.4 Å². The highest BCUT2D eigenvalue weighted by Gasteiger charge is 2.15. The largest absolute Gasteiger partial charge is 0.494 e. The van der Waals surface area contributed by atoms with Gasteiger partial charge in [0.15, 0.2) is 5.11 Å². The van der Waals surface area contributed by atoms with Gasteiger partial charge in [-0.25, -0.2) is 8.42 Å². The molecule has 0 aliphatic rings. The molecule has 11 heteroatoms. The van der Waals surface area contributed by atoms with Gasteiger partial charge < -0.3 is 14.8 Å². The predicted molar refractivity (Wildman–Crippen MR) is 168 cm³/mol. The zero-order valence-corrected chi connectivity index (χ0v) is 25.3. The Morgan fingerprint density at radius 1 is 0.878 bits per heavy atom. The van der Waals surface area contributed by atoms with Crippen LogP contribution >= 0.6 is 28.1 Å². The molecule has 0 unspecified atom stereocenters. The number of nitrogens with one attached hydrogen (secondary N) is 3. The number of carbonyl (C=O) groups is 1. The average molecular weight is 655 g/mol. The maximum atomic E-state index is 12.8. The summed E-state index contributed by atoms with van der Waals surface area (Å²) in [6, 6.07) is 27.7. The zero-order chi connectivity index (χ0) is 29.2. The lowest BCUT2D eigenvalue weighted by atomic mass is 10.2. The number of thiocarbonyl (C=S) groups is 1. The summed E-state index contributed by atoms with van der Waals surface area (Å²) in [6.07, 6.45) is 0.766. The van der Waals surface area contributed by atoms with Gasteiger partial charge in [-0.15, -0.1) is 0 Å². The first-order valence-electron chi connectivity index (χ1n) is 12.7. The lowest BCUT2D eigenvalue weighted by Gasteiger charge is -2.12. The second kappa shape index (κ2) is 14.1. The zero-order valence-electron chi connectivity index (χ0n) is 22.1. The maximum absolute atomic E-state index is 12.8. The molecule has 0 aliphatic carbocycles. The molecule has 0 atom stereocenters. The minimum atomic E-state index is -3.80. The van der Waals surface area contributed by atoms with E-state index in [1.165, 1.54) is 17.7 Å². The van der Waals surface area contributed by atoms with Gasteiger partial charge in [0, 0.05) is 23.4 Å². The molecule has 0 fully saturated rings. The van der Waals surface area contributed by atoms with E-state index in [-0.39, 0.29) is 10.0 Å². The van der Waals surface area contributed by atoms with Crippen molar-refractivity contribution >= 4 is 60.6 Å². The Balaban J connectivity index is 1.28. The fraction of sp³-hybridized carbons (Fsp3) is 0.133. The molecule has 0 radical (unpaired) electrons. The molecule has 4 aromatic carbocycles. The monoisotopic (exact) mass is 653 g/mol. The predicted octanol–water partition coefficient (Wildman–Crippen LogP) is 6.40. The molecule has 1 amide bonds. The molecule has 0 aromatic heterocycles. The molecule has 0 spiro atoms. The van der Waals surface area contributed by atoms with Crippen molar-refractivity contribution in [3.05, 3.63) is 113 Å². The Morgan fingerprint density at radius 2 is 1.56 bits per heavy atom. The number of benzene rings is 4. The summed E-state index contributed by atoms with van der Waals surface area (Å²) in [5.74, 6) is 0.880. The number of halogens is 1. The van der Waals surface area contributed by atoms with Crippen molar-refractivity contribution in [1.82, 2.24) is 5.32 Å². The van der Waals surface area contributed by atoms with Crippen molar-refractivity contribution in [1.29, 1.82) is 0 Å². The molecule has 212 valence electrons. The number of ether oxygens (including phenoxy) is 2. The lowest BCUT2D eigenvalue weighted by molar-refractivity contribution is 0.0977. The Bertz CT molecular complexity index is 1600. The van der Waals surface area contributed by atoms with Crippen LogP contribution in [-0.2, 0) is 16.4 Å². The molecular formula is C30H28BrN3O5S2. The second-order valence-electron chi connectivity index (χ2n) is 8.72. The van der Waals surface area contributed by atoms with Crippen LogP contribution in [0.2, 0.25) is 0 Å². The number of sulfonamides is 1. The van der Waals surface area contributed by atoms with Crippen molar-refractivity contribution < 1.29 is 22.7 Å². The molecular weight excluding hydrogens is 626 g/mol. The second-order valence-corrected chi connectivity index (χ2v) is 11.7. The number of amides is 1. The van der Waals surface area contributed by atoms with Crippen LogP contribution < -0.4 is 24.8 Å². The molecule has 0 saturated carbocycles. The van der Waals surface area contributed by atoms with Crippen molar-refractivity contribution in [2.75, 3.05) is 23.3 Å². The van der Waals surface area contributed by atoms with Gasteiger partial charge in [0.1, 0.15) is 11.5 Å². The Hall–Kier alpha value is -3.93. The number of hydrogen-bond donors (Lipinski definition) is 3. The highest BCUT2D eigenvalue weighted by molar-refractivity contribution is 9.10. The number of anilines is 2. The SMILES string of the molecule is CCOc1ccc(NS(=O)(=O)c2ccc(NC(=S)NC(=O)c3ccc(OCCc4ccccc4)c(Br)c3)cc2)cc1. The number of rotatable bonds is 11. The third-order valence-corrected chi connectivity index (χ3v) is 7.97. The van der Waals surface area contributed by atoms with Gasteiger partial charge in [-0.1, -0.05) is 30.3 Å². The van der Waals surface area contributed by atoms with E-state index in [0.29, 0.717) is 46.1 Å². The van der Waals surface area contributed by atoms with Gasteiger partial charge in [0.05, 0.1) is 22.6 Å². The molecule has 4 aromatic rings. The summed E-state index contributed by atoms with van der Waals surface area (Å²) in [6.45, 7) is 2.90. The van der Waals surface area contributed by atoms with Gasteiger partial charge in [-0.2, -0.15) is 0 Å². The van der Waals surface area contributed by atoms with Crippen LogP contribution in [0.3, 0.4) is 0 Å². The van der Waals surface area contributed by atoms with E-state index in [0.717, 1.165) is 6.42 Å². The average Bonchev–Trinajstić information content (AvgIpc) is 2.95. The van der Waals surface area contributed by atoms with Gasteiger partial charge >= 0.3 is 0 Å². The fourth-order valence-electron chi connectivity index (χ4n) is 3.74. The highest BCUT2D eigenvalue weighted by atomic mass is 79.9. The molecule has 0 heterocycles. The standard InChI is InChI=1S/C30H28BrN3O5S2/c1-2-38-25-13-9-24(10-14-25)34-41(36,37)26-15-11-23(12-16-26)32-30(40)33-29(35)22-8-17-28(27(31)20-22)39-19-18-21-6-4-3-5-7-21/h3-17,20,34H,2,18-19H2,1H3,(H2,32,33,35,40). The Morgan fingerprint density at radius 3 is 2.22 bits per heavy atom. The Labute approximate surface area is 253 Å². The molecule has 3 N–H and O–H groups in total. The Kier molecular flexibility index (Phi) is 10.3. The summed E-state index contributed by atoms with van der Waals surface area (Å²) in [5.41, 5.74) is 2.49. The maximum Gasteiger partial charge on any atom is 0.261 e. The van der Waals surface area contributed by atoms with E-state index >= 15 is 0 Å². The quantitative estimate of drug-likeness (QED) is 0.161. The molecule has 0 saturated heterocycles. The summed E-state index contributed by atoms with van der Waals surface area (Å²) >= 11 is 8.74. The first-order valence-corrected chi connectivity index (χ1v) is 15.4. The van der Waals surface area contributed by atoms with Crippen LogP contribution in [0.1, 0.15) is 22.8 Å². The van der Waals surface area contributed by atoms with Gasteiger partial charge in [-0.05, 0) is 107 Å². The summed E-state index contributed by atoms with van der Waals surface area (Å²) in [5, 5.41) is 5.59. The van der Waals surface area contributed by atoms with Gasteiger partial charge in [0.25, 0.3) is 15.9 Å². The normalized spacial score (nSPS) is 10.9. The summed E-state index contributed by atoms with van der Waals surface area (Å²) < 4.78 is 39.9. The molecule has 0 bridgehead atoms. The van der Waals surface area contributed by atoms with E-state index in [4.69, 9.17) is 21.7 Å². The molecule has 0 aliphatic heterocycles. The smallest absolute Gasteiger partial charge is 0.261 e. The van der Waals surface area contributed by atoms with Crippen molar-refractivity contribution in [2.24, 2.45) is 0 Å². The third-order valence-electron chi connectivity index (χ3n) is 5.75. The van der Waals surface area contributed by atoms with Crippen LogP contribution in [0.15, 0.2) is 106 Å². The minimum absolute atomic E-state index is 0.0671. The van der Waals surface area contributed by atoms with Crippen LogP contribution in [0.5, 0.6) is 11.5 Å². The third kappa shape index (κ3) is 8.78. The topological polar surface area (TPSA) is 106 Å². The van der Waals surface area contributed by atoms with Crippen LogP contribution in [0, 0.1) is 0 Å². The van der Waals surface area contributed by atoms with Crippen LogP contribution in [-0.4, -0.2) is 32.7 Å². The van der Waals surface area contributed by atoms with Crippen molar-refractivity contribution in [3.63, 3.8) is 0 Å². The molecule has 41 heavy (non-hydrogen) atoms. The van der Waals surface area contributed by atoms with Crippen molar-refractivity contribution in [2.45, 2.75) is 18.2 Å².